The molecule has 3 N–H and O–H groups in total. The van der Waals surface area contributed by atoms with Gasteiger partial charge in [0, 0.05) is 76.8 Å². The van der Waals surface area contributed by atoms with Crippen LogP contribution in [0, 0.1) is 5.92 Å². The zero-order valence-electron chi connectivity index (χ0n) is 36.6. The third kappa shape index (κ3) is 12.8. The second kappa shape index (κ2) is 22.1. The van der Waals surface area contributed by atoms with Crippen LogP contribution in [0.4, 0.5) is 0 Å². The molecule has 17 heteroatoms. The molecule has 3 aromatic rings. The molecular weight excluding hydrogens is 868 g/mol. The van der Waals surface area contributed by atoms with Crippen molar-refractivity contribution >= 4 is 52.7 Å². The lowest BCUT2D eigenvalue weighted by Gasteiger charge is -2.45. The smallest absolute Gasteiger partial charge is 0.303 e. The maximum Gasteiger partial charge on any atom is 0.303 e. The average Bonchev–Trinajstić information content (AvgIpc) is 3.26. The Kier molecular flexibility index (Phi) is 16.9. The highest BCUT2D eigenvalue weighted by molar-refractivity contribution is 7.80. The highest BCUT2D eigenvalue weighted by Gasteiger charge is 2.52. The first-order valence-corrected chi connectivity index (χ1v) is 22.2. The number of piperidine rings is 1. The molecule has 64 heavy (non-hydrogen) atoms. The number of thiocarbonyl (C=S) groups is 1. The van der Waals surface area contributed by atoms with Crippen molar-refractivity contribution in [2.24, 2.45) is 5.92 Å². The number of hydrogen-bond donors (Lipinski definition) is 3. The molecule has 3 fully saturated rings. The van der Waals surface area contributed by atoms with Crippen molar-refractivity contribution in [1.82, 2.24) is 10.2 Å². The van der Waals surface area contributed by atoms with Crippen LogP contribution in [0.5, 0.6) is 0 Å². The maximum absolute atomic E-state index is 12.3. The molecule has 3 aromatic carbocycles. The molecule has 15 nitrogen and oxygen atoms in total. The molecule has 0 amide bonds. The number of carbonyl (C=O) groups excluding carboxylic acids is 4. The van der Waals surface area contributed by atoms with Gasteiger partial charge in [0.05, 0.1) is 29.4 Å². The minimum atomic E-state index is -1.29. The maximum atomic E-state index is 12.3. The summed E-state index contributed by atoms with van der Waals surface area (Å²) in [4.78, 5) is 51.0. The van der Waals surface area contributed by atoms with Crippen LogP contribution >= 0.6 is 23.8 Å². The SMILES string of the molecule is CC(=O)OC[C@H]1O[C@@H](CC(=S)NCc2ccc(C3O[C@H](CN4CCC(O)(c5ccc(Cl)cc5)CC4)[C@H](C)[C@H](c4ccc(CO)cc4)O3)cc2)[C@H](OC(C)=O)[C@@H](OC(C)=O)[C@@H]1OC(C)=O. The van der Waals surface area contributed by atoms with E-state index in [1.165, 1.54) is 20.8 Å². The molecule has 0 spiro atoms. The minimum absolute atomic E-state index is 0.00786. The van der Waals surface area contributed by atoms with Gasteiger partial charge in [-0.1, -0.05) is 91.4 Å². The number of benzene rings is 3. The van der Waals surface area contributed by atoms with Crippen LogP contribution in [-0.2, 0) is 71.1 Å². The van der Waals surface area contributed by atoms with Gasteiger partial charge < -0.3 is 53.6 Å². The Morgan fingerprint density at radius 2 is 1.31 bits per heavy atom. The van der Waals surface area contributed by atoms with E-state index in [-0.39, 0.29) is 37.8 Å². The molecule has 3 saturated heterocycles. The van der Waals surface area contributed by atoms with Crippen LogP contribution in [0.15, 0.2) is 72.8 Å². The fourth-order valence-corrected chi connectivity index (χ4v) is 8.83. The van der Waals surface area contributed by atoms with Crippen molar-refractivity contribution in [3.63, 3.8) is 0 Å². The Hall–Kier alpha value is -4.52. The number of ether oxygens (including phenoxy) is 7. The Bertz CT molecular complexity index is 2080. The summed E-state index contributed by atoms with van der Waals surface area (Å²) >= 11 is 11.8. The van der Waals surface area contributed by atoms with Crippen molar-refractivity contribution < 1.29 is 62.5 Å². The normalized spacial score (nSPS) is 26.8. The lowest BCUT2D eigenvalue weighted by Crippen LogP contribution is -2.62. The molecule has 3 heterocycles. The summed E-state index contributed by atoms with van der Waals surface area (Å²) in [6, 6.07) is 22.9. The molecule has 0 aromatic heterocycles. The van der Waals surface area contributed by atoms with E-state index in [1.54, 1.807) is 12.1 Å². The largest absolute Gasteiger partial charge is 0.463 e. The zero-order chi connectivity index (χ0) is 46.1. The van der Waals surface area contributed by atoms with E-state index in [4.69, 9.17) is 57.0 Å². The summed E-state index contributed by atoms with van der Waals surface area (Å²) in [6.07, 6.45) is -5.87. The van der Waals surface area contributed by atoms with E-state index >= 15 is 0 Å². The fraction of sp³-hybridized carbons (Fsp3) is 0.511. The molecule has 6 rings (SSSR count). The van der Waals surface area contributed by atoms with Crippen LogP contribution in [0.25, 0.3) is 0 Å². The molecule has 0 radical (unpaired) electrons. The van der Waals surface area contributed by atoms with Crippen molar-refractivity contribution in [2.45, 2.75) is 122 Å². The van der Waals surface area contributed by atoms with Gasteiger partial charge in [0.25, 0.3) is 0 Å². The number of aliphatic hydroxyl groups excluding tert-OH is 1. The van der Waals surface area contributed by atoms with E-state index in [0.29, 0.717) is 49.0 Å². The van der Waals surface area contributed by atoms with Crippen molar-refractivity contribution in [2.75, 3.05) is 26.2 Å². The summed E-state index contributed by atoms with van der Waals surface area (Å²) in [5, 5.41) is 25.1. The number of rotatable bonds is 15. The standard InChI is InChI=1S/C47H57ClN2O13S/c1-27-39(24-50-20-18-47(56,19-21-50)36-14-16-37(48)17-15-36)62-46(63-42(27)34-10-8-33(25-51)9-11-34)35-12-6-32(7-13-35)23-49-41(64)22-38-43(58-29(3)53)45(60-31(5)55)44(59-30(4)54)40(61-38)26-57-28(2)52/h6-17,27,38-40,42-46,51,56H,18-26H2,1-5H3,(H,49,64)/t27-,38-,39+,40+,42+,43-,44+,45+,46?/m0/s1. The Morgan fingerprint density at radius 3 is 1.89 bits per heavy atom. The number of likely N-dealkylation sites (tertiary alicyclic amines) is 1. The molecular formula is C47H57ClN2O13S. The lowest BCUT2D eigenvalue weighted by molar-refractivity contribution is -0.277. The topological polar surface area (TPSA) is 189 Å². The Morgan fingerprint density at radius 1 is 0.750 bits per heavy atom. The molecule has 3 aliphatic heterocycles. The molecule has 3 aliphatic rings. The predicted octanol–water partition coefficient (Wildman–Crippen LogP) is 5.54. The molecule has 346 valence electrons. The summed E-state index contributed by atoms with van der Waals surface area (Å²) in [5.74, 6) is -2.76. The second-order valence-electron chi connectivity index (χ2n) is 16.6. The van der Waals surface area contributed by atoms with Crippen molar-refractivity contribution in [1.29, 1.82) is 0 Å². The number of hydrogen-bond acceptors (Lipinski definition) is 15. The Labute approximate surface area is 383 Å². The van der Waals surface area contributed by atoms with Crippen LogP contribution in [0.1, 0.15) is 94.1 Å². The highest BCUT2D eigenvalue weighted by Crippen LogP contribution is 2.43. The zero-order valence-corrected chi connectivity index (χ0v) is 38.2. The van der Waals surface area contributed by atoms with Gasteiger partial charge in [-0.2, -0.15) is 0 Å². The van der Waals surface area contributed by atoms with Gasteiger partial charge in [-0.25, -0.2) is 0 Å². The Balaban J connectivity index is 1.13. The quantitative estimate of drug-likeness (QED) is 0.0979. The minimum Gasteiger partial charge on any atom is -0.463 e. The fourth-order valence-electron chi connectivity index (χ4n) is 8.47. The number of nitrogens with zero attached hydrogens (tertiary/aromatic N) is 1. The lowest BCUT2D eigenvalue weighted by atomic mass is 9.84. The number of aliphatic hydroxyl groups is 2. The van der Waals surface area contributed by atoms with Gasteiger partial charge in [0.1, 0.15) is 18.8 Å². The summed E-state index contributed by atoms with van der Waals surface area (Å²) < 4.78 is 41.5. The van der Waals surface area contributed by atoms with Gasteiger partial charge in [-0.05, 0) is 47.2 Å². The molecule has 0 saturated carbocycles. The number of nitrogens with one attached hydrogen (secondary N) is 1. The number of halogens is 1. The van der Waals surface area contributed by atoms with Crippen LogP contribution in [0.2, 0.25) is 5.02 Å². The third-order valence-corrected chi connectivity index (χ3v) is 12.4. The van der Waals surface area contributed by atoms with Gasteiger partial charge >= 0.3 is 23.9 Å². The number of esters is 4. The third-order valence-electron chi connectivity index (χ3n) is 11.8. The van der Waals surface area contributed by atoms with E-state index in [0.717, 1.165) is 34.7 Å². The molecule has 9 atom stereocenters. The van der Waals surface area contributed by atoms with E-state index in [2.05, 4.69) is 17.1 Å². The van der Waals surface area contributed by atoms with Crippen molar-refractivity contribution in [3.05, 3.63) is 106 Å². The summed E-state index contributed by atoms with van der Waals surface area (Å²) in [6.45, 7) is 8.78. The van der Waals surface area contributed by atoms with Gasteiger partial charge in [0.2, 0.25) is 0 Å². The second-order valence-corrected chi connectivity index (χ2v) is 17.6. The van der Waals surface area contributed by atoms with Crippen LogP contribution in [-0.4, -0.2) is 107 Å². The first-order chi connectivity index (χ1) is 30.5. The van der Waals surface area contributed by atoms with Crippen molar-refractivity contribution in [3.8, 4) is 0 Å². The van der Waals surface area contributed by atoms with Crippen LogP contribution < -0.4 is 5.32 Å². The highest BCUT2D eigenvalue weighted by atomic mass is 35.5. The van der Waals surface area contributed by atoms with E-state index in [9.17, 15) is 29.4 Å². The van der Waals surface area contributed by atoms with Gasteiger partial charge in [-0.3, -0.25) is 19.2 Å². The first-order valence-electron chi connectivity index (χ1n) is 21.4. The van der Waals surface area contributed by atoms with Gasteiger partial charge in [-0.15, -0.1) is 0 Å². The summed E-state index contributed by atoms with van der Waals surface area (Å²) in [7, 11) is 0. The molecule has 0 aliphatic carbocycles. The predicted molar refractivity (Wildman–Crippen MR) is 236 cm³/mol. The average molecular weight is 925 g/mol. The van der Waals surface area contributed by atoms with Crippen LogP contribution in [0.3, 0.4) is 0 Å². The molecule has 1 unspecified atom stereocenters. The monoisotopic (exact) mass is 924 g/mol. The first kappa shape index (κ1) is 48.9. The molecule has 0 bridgehead atoms. The number of carbonyl (C=O) groups is 4. The van der Waals surface area contributed by atoms with Gasteiger partial charge in [0.15, 0.2) is 24.6 Å². The van der Waals surface area contributed by atoms with E-state index in [1.807, 2.05) is 60.7 Å². The van der Waals surface area contributed by atoms with E-state index < -0.39 is 66.3 Å². The summed E-state index contributed by atoms with van der Waals surface area (Å²) in [5.41, 5.74) is 3.41.